The van der Waals surface area contributed by atoms with Gasteiger partial charge in [0.2, 0.25) is 0 Å². The zero-order chi connectivity index (χ0) is 29.5. The van der Waals surface area contributed by atoms with Crippen LogP contribution in [0.1, 0.15) is 35.1 Å². The second kappa shape index (κ2) is 17.1. The Bertz CT molecular complexity index is 1290. The molecule has 6 heteroatoms. The summed E-state index contributed by atoms with van der Waals surface area (Å²) in [6, 6.07) is 40.5. The van der Waals surface area contributed by atoms with Crippen LogP contribution in [0.2, 0.25) is 0 Å². The van der Waals surface area contributed by atoms with Crippen LogP contribution >= 0.6 is 0 Å². The molecular weight excluding hydrogens is 540 g/mol. The Morgan fingerprint density at radius 1 is 0.488 bits per heavy atom. The summed E-state index contributed by atoms with van der Waals surface area (Å²) in [5.74, 6) is 0. The monoisotopic (exact) mass is 582 g/mol. The first-order chi connectivity index (χ1) is 21.3. The Balaban J connectivity index is 1.41. The standard InChI is InChI=1S/C37H42O6/c38-23-13-22-33-35(40-25-30-16-7-2-8-17-30)37(42-27-32-20-11-4-12-21-32)36(41-26-31-18-9-3-10-19-31)34(43-33)28-39-24-29-14-5-1-6-15-29/h1-12,14-21,33-38H,13,22-28H2/t33-,34-,35+,36-,37-/m1/s1. The summed E-state index contributed by atoms with van der Waals surface area (Å²) in [4.78, 5) is 0. The maximum atomic E-state index is 9.73. The first kappa shape index (κ1) is 31.1. The van der Waals surface area contributed by atoms with Crippen LogP contribution in [0.25, 0.3) is 0 Å². The highest BCUT2D eigenvalue weighted by Gasteiger charge is 2.48. The molecule has 0 radical (unpaired) electrons. The Kier molecular flexibility index (Phi) is 12.3. The molecule has 43 heavy (non-hydrogen) atoms. The number of benzene rings is 4. The fraction of sp³-hybridized carbons (Fsp3) is 0.351. The molecule has 6 nitrogen and oxygen atoms in total. The van der Waals surface area contributed by atoms with Gasteiger partial charge in [0, 0.05) is 6.61 Å². The molecule has 0 amide bonds. The van der Waals surface area contributed by atoms with Gasteiger partial charge in [0.1, 0.15) is 24.4 Å². The number of rotatable bonds is 16. The number of hydrogen-bond acceptors (Lipinski definition) is 6. The van der Waals surface area contributed by atoms with E-state index in [1.807, 2.05) is 84.9 Å². The average molecular weight is 583 g/mol. The van der Waals surface area contributed by atoms with E-state index in [4.69, 9.17) is 23.7 Å². The lowest BCUT2D eigenvalue weighted by molar-refractivity contribution is -0.273. The molecule has 0 bridgehead atoms. The Morgan fingerprint density at radius 2 is 0.884 bits per heavy atom. The molecule has 1 saturated heterocycles. The summed E-state index contributed by atoms with van der Waals surface area (Å²) >= 11 is 0. The highest BCUT2D eigenvalue weighted by molar-refractivity contribution is 5.16. The predicted molar refractivity (Wildman–Crippen MR) is 166 cm³/mol. The van der Waals surface area contributed by atoms with Crippen molar-refractivity contribution in [2.45, 2.75) is 69.8 Å². The smallest absolute Gasteiger partial charge is 0.115 e. The van der Waals surface area contributed by atoms with Crippen LogP contribution in [0.3, 0.4) is 0 Å². The van der Waals surface area contributed by atoms with Gasteiger partial charge < -0.3 is 28.8 Å². The molecule has 1 fully saturated rings. The summed E-state index contributed by atoms with van der Waals surface area (Å²) in [5.41, 5.74) is 4.30. The zero-order valence-corrected chi connectivity index (χ0v) is 24.6. The molecule has 1 N–H and O–H groups in total. The summed E-state index contributed by atoms with van der Waals surface area (Å²) in [6.07, 6.45) is -0.786. The quantitative estimate of drug-likeness (QED) is 0.163. The molecule has 0 saturated carbocycles. The second-order valence-corrected chi connectivity index (χ2v) is 10.9. The van der Waals surface area contributed by atoms with Crippen molar-refractivity contribution in [1.29, 1.82) is 0 Å². The minimum Gasteiger partial charge on any atom is -0.396 e. The number of aliphatic hydroxyl groups is 1. The molecule has 5 atom stereocenters. The molecule has 1 aliphatic heterocycles. The Labute approximate surface area is 255 Å². The van der Waals surface area contributed by atoms with E-state index in [9.17, 15) is 5.11 Å². The minimum absolute atomic E-state index is 0.0733. The van der Waals surface area contributed by atoms with Crippen LogP contribution in [0.4, 0.5) is 0 Å². The van der Waals surface area contributed by atoms with Crippen molar-refractivity contribution in [3.63, 3.8) is 0 Å². The predicted octanol–water partition coefficient (Wildman–Crippen LogP) is 6.50. The van der Waals surface area contributed by atoms with Crippen LogP contribution in [-0.4, -0.2) is 48.8 Å². The van der Waals surface area contributed by atoms with Gasteiger partial charge in [-0.05, 0) is 35.1 Å². The minimum atomic E-state index is -0.453. The molecule has 0 aromatic heterocycles. The van der Waals surface area contributed by atoms with E-state index < -0.39 is 24.4 Å². The van der Waals surface area contributed by atoms with Crippen LogP contribution in [0.5, 0.6) is 0 Å². The SMILES string of the molecule is OCCC[C@H]1O[C@H](COCc2ccccc2)[C@@H](OCc2ccccc2)[C@H](OCc2ccccc2)[C@H]1OCc1ccccc1. The van der Waals surface area contributed by atoms with Crippen molar-refractivity contribution in [2.75, 3.05) is 13.2 Å². The second-order valence-electron chi connectivity index (χ2n) is 10.9. The van der Waals surface area contributed by atoms with Crippen molar-refractivity contribution in [1.82, 2.24) is 0 Å². The lowest BCUT2D eigenvalue weighted by Crippen LogP contribution is -2.61. The van der Waals surface area contributed by atoms with E-state index in [1.54, 1.807) is 0 Å². The van der Waals surface area contributed by atoms with Gasteiger partial charge >= 0.3 is 0 Å². The Hall–Kier alpha value is -3.36. The summed E-state index contributed by atoms with van der Waals surface area (Å²) in [6.45, 7) is 2.10. The summed E-state index contributed by atoms with van der Waals surface area (Å²) in [5, 5.41) is 9.73. The third kappa shape index (κ3) is 9.57. The van der Waals surface area contributed by atoms with Crippen molar-refractivity contribution >= 4 is 0 Å². The van der Waals surface area contributed by atoms with Gasteiger partial charge in [0.05, 0.1) is 39.1 Å². The fourth-order valence-corrected chi connectivity index (χ4v) is 5.41. The van der Waals surface area contributed by atoms with Gasteiger partial charge in [-0.2, -0.15) is 0 Å². The van der Waals surface area contributed by atoms with Gasteiger partial charge in [-0.15, -0.1) is 0 Å². The van der Waals surface area contributed by atoms with E-state index in [1.165, 1.54) is 0 Å². The van der Waals surface area contributed by atoms with Crippen LogP contribution in [-0.2, 0) is 50.1 Å². The van der Waals surface area contributed by atoms with Gasteiger partial charge in [0.25, 0.3) is 0 Å². The normalized spacial score (nSPS) is 21.9. The number of hydrogen-bond donors (Lipinski definition) is 1. The molecule has 0 spiro atoms. The molecule has 0 unspecified atom stereocenters. The molecule has 4 aromatic carbocycles. The third-order valence-corrected chi connectivity index (χ3v) is 7.63. The highest BCUT2D eigenvalue weighted by Crippen LogP contribution is 2.32. The van der Waals surface area contributed by atoms with Crippen molar-refractivity contribution in [2.24, 2.45) is 0 Å². The van der Waals surface area contributed by atoms with E-state index in [0.29, 0.717) is 45.9 Å². The molecule has 5 rings (SSSR count). The third-order valence-electron chi connectivity index (χ3n) is 7.63. The lowest BCUT2D eigenvalue weighted by Gasteiger charge is -2.46. The first-order valence-corrected chi connectivity index (χ1v) is 15.1. The largest absolute Gasteiger partial charge is 0.396 e. The van der Waals surface area contributed by atoms with Gasteiger partial charge in [-0.3, -0.25) is 0 Å². The molecule has 4 aromatic rings. The maximum absolute atomic E-state index is 9.73. The highest BCUT2D eigenvalue weighted by atomic mass is 16.6. The number of ether oxygens (including phenoxy) is 5. The fourth-order valence-electron chi connectivity index (χ4n) is 5.41. The molecular formula is C37H42O6. The van der Waals surface area contributed by atoms with E-state index in [-0.39, 0.29) is 12.7 Å². The average Bonchev–Trinajstić information content (AvgIpc) is 3.07. The van der Waals surface area contributed by atoms with Crippen LogP contribution < -0.4 is 0 Å². The van der Waals surface area contributed by atoms with Crippen molar-refractivity contribution in [3.05, 3.63) is 144 Å². The summed E-state index contributed by atoms with van der Waals surface area (Å²) < 4.78 is 33.0. The molecule has 1 aliphatic rings. The van der Waals surface area contributed by atoms with Crippen LogP contribution in [0.15, 0.2) is 121 Å². The van der Waals surface area contributed by atoms with E-state index >= 15 is 0 Å². The molecule has 0 aliphatic carbocycles. The Morgan fingerprint density at radius 3 is 1.33 bits per heavy atom. The van der Waals surface area contributed by atoms with Crippen molar-refractivity contribution in [3.8, 4) is 0 Å². The van der Waals surface area contributed by atoms with E-state index in [2.05, 4.69) is 36.4 Å². The summed E-state index contributed by atoms with van der Waals surface area (Å²) in [7, 11) is 0. The topological polar surface area (TPSA) is 66.4 Å². The maximum Gasteiger partial charge on any atom is 0.115 e. The van der Waals surface area contributed by atoms with Gasteiger partial charge in [-0.1, -0.05) is 121 Å². The number of aliphatic hydroxyl groups excluding tert-OH is 1. The van der Waals surface area contributed by atoms with Gasteiger partial charge in [0.15, 0.2) is 0 Å². The van der Waals surface area contributed by atoms with E-state index in [0.717, 1.165) is 22.3 Å². The molecule has 226 valence electrons. The van der Waals surface area contributed by atoms with Crippen molar-refractivity contribution < 1.29 is 28.8 Å². The molecule has 1 heterocycles. The van der Waals surface area contributed by atoms with Gasteiger partial charge in [-0.25, -0.2) is 0 Å². The first-order valence-electron chi connectivity index (χ1n) is 15.1. The van der Waals surface area contributed by atoms with Crippen LogP contribution in [0, 0.1) is 0 Å². The lowest BCUT2D eigenvalue weighted by atomic mass is 9.91. The zero-order valence-electron chi connectivity index (χ0n) is 24.6.